The van der Waals surface area contributed by atoms with Crippen LogP contribution in [0, 0.1) is 0 Å². The normalized spacial score (nSPS) is 17.4. The van der Waals surface area contributed by atoms with E-state index in [0.717, 1.165) is 36.4 Å². The van der Waals surface area contributed by atoms with Crippen molar-refractivity contribution in [1.29, 1.82) is 0 Å². The van der Waals surface area contributed by atoms with Crippen molar-refractivity contribution < 1.29 is 19.1 Å². The topological polar surface area (TPSA) is 79.9 Å². The fraction of sp³-hybridized carbons (Fsp3) is 0.529. The van der Waals surface area contributed by atoms with Crippen molar-refractivity contribution in [2.45, 2.75) is 25.3 Å². The Balaban J connectivity index is 2.05. The summed E-state index contributed by atoms with van der Waals surface area (Å²) in [5.41, 5.74) is 1.07. The second-order valence-corrected chi connectivity index (χ2v) is 5.68. The quantitative estimate of drug-likeness (QED) is 0.827. The average molecular weight is 335 g/mol. The number of hydrogen-bond acceptors (Lipinski definition) is 5. The Morgan fingerprint density at radius 2 is 2.08 bits per heavy atom. The molecule has 0 radical (unpaired) electrons. The van der Waals surface area contributed by atoms with E-state index in [9.17, 15) is 9.59 Å². The first kappa shape index (κ1) is 18.1. The van der Waals surface area contributed by atoms with Crippen LogP contribution >= 0.6 is 0 Å². The van der Waals surface area contributed by atoms with E-state index in [-0.39, 0.29) is 18.4 Å². The number of hydrogen-bond donors (Lipinski definition) is 2. The van der Waals surface area contributed by atoms with Crippen LogP contribution < -0.4 is 20.1 Å². The first-order valence-corrected chi connectivity index (χ1v) is 8.06. The van der Waals surface area contributed by atoms with Crippen LogP contribution in [-0.2, 0) is 4.79 Å². The summed E-state index contributed by atoms with van der Waals surface area (Å²) < 4.78 is 10.8. The molecule has 1 atom stereocenters. The van der Waals surface area contributed by atoms with Gasteiger partial charge in [-0.2, -0.15) is 0 Å². The third-order valence-electron chi connectivity index (χ3n) is 4.27. The van der Waals surface area contributed by atoms with Gasteiger partial charge in [0.2, 0.25) is 5.91 Å². The molecule has 132 valence electrons. The zero-order valence-electron chi connectivity index (χ0n) is 14.4. The van der Waals surface area contributed by atoms with Gasteiger partial charge in [0.25, 0.3) is 0 Å². The molecule has 1 aliphatic heterocycles. The van der Waals surface area contributed by atoms with E-state index in [1.165, 1.54) is 7.05 Å². The van der Waals surface area contributed by atoms with E-state index in [0.29, 0.717) is 6.54 Å². The van der Waals surface area contributed by atoms with Crippen molar-refractivity contribution in [3.63, 3.8) is 0 Å². The molecule has 0 aliphatic carbocycles. The van der Waals surface area contributed by atoms with E-state index < -0.39 is 6.03 Å². The van der Waals surface area contributed by atoms with Crippen molar-refractivity contribution in [3.05, 3.63) is 23.8 Å². The van der Waals surface area contributed by atoms with Gasteiger partial charge in [0, 0.05) is 31.6 Å². The minimum Gasteiger partial charge on any atom is -0.497 e. The van der Waals surface area contributed by atoms with Crippen LogP contribution in [0.2, 0.25) is 0 Å². The number of nitrogens with one attached hydrogen (secondary N) is 2. The van der Waals surface area contributed by atoms with Gasteiger partial charge in [-0.05, 0) is 37.6 Å². The van der Waals surface area contributed by atoms with Gasteiger partial charge in [-0.3, -0.25) is 15.0 Å². The predicted molar refractivity (Wildman–Crippen MR) is 90.3 cm³/mol. The van der Waals surface area contributed by atoms with Gasteiger partial charge in [0.05, 0.1) is 14.2 Å². The molecule has 0 spiro atoms. The van der Waals surface area contributed by atoms with Crippen LogP contribution in [0.1, 0.15) is 30.9 Å². The first-order valence-electron chi connectivity index (χ1n) is 8.06. The van der Waals surface area contributed by atoms with Crippen molar-refractivity contribution in [2.24, 2.45) is 0 Å². The number of imide groups is 1. The Bertz CT molecular complexity index is 591. The highest BCUT2D eigenvalue weighted by Gasteiger charge is 2.29. The van der Waals surface area contributed by atoms with Gasteiger partial charge in [-0.1, -0.05) is 0 Å². The molecule has 1 unspecified atom stereocenters. The summed E-state index contributed by atoms with van der Waals surface area (Å²) in [5, 5.41) is 4.66. The molecule has 3 amide bonds. The summed E-state index contributed by atoms with van der Waals surface area (Å²) in [7, 11) is 4.77. The molecule has 7 heteroatoms. The number of ether oxygens (including phenoxy) is 2. The van der Waals surface area contributed by atoms with E-state index in [1.807, 2.05) is 18.2 Å². The highest BCUT2D eigenvalue weighted by molar-refractivity contribution is 5.94. The number of benzene rings is 1. The molecule has 2 rings (SSSR count). The van der Waals surface area contributed by atoms with Crippen LogP contribution in [0.25, 0.3) is 0 Å². The van der Waals surface area contributed by atoms with Crippen LogP contribution in [-0.4, -0.2) is 51.2 Å². The molecule has 1 heterocycles. The maximum Gasteiger partial charge on any atom is 0.321 e. The summed E-state index contributed by atoms with van der Waals surface area (Å²) >= 11 is 0. The molecule has 1 aliphatic rings. The van der Waals surface area contributed by atoms with E-state index in [1.54, 1.807) is 14.2 Å². The lowest BCUT2D eigenvalue weighted by Crippen LogP contribution is -2.39. The lowest BCUT2D eigenvalue weighted by atomic mass is 10.0. The summed E-state index contributed by atoms with van der Waals surface area (Å²) in [4.78, 5) is 25.2. The first-order chi connectivity index (χ1) is 11.6. The lowest BCUT2D eigenvalue weighted by Gasteiger charge is -2.26. The standard InChI is InChI=1S/C17H25N3O4/c1-18-17(22)19-16(21)8-10-20-9-4-5-14(20)13-11-12(23-2)6-7-15(13)24-3/h6-7,11,14H,4-5,8-10H2,1-3H3,(H2,18,19,21,22). The molecular formula is C17H25N3O4. The highest BCUT2D eigenvalue weighted by Crippen LogP contribution is 2.38. The fourth-order valence-electron chi connectivity index (χ4n) is 3.04. The molecule has 1 aromatic carbocycles. The van der Waals surface area contributed by atoms with Gasteiger partial charge in [-0.15, -0.1) is 0 Å². The third kappa shape index (κ3) is 4.38. The highest BCUT2D eigenvalue weighted by atomic mass is 16.5. The minimum absolute atomic E-state index is 0.183. The van der Waals surface area contributed by atoms with Crippen LogP contribution in [0.3, 0.4) is 0 Å². The summed E-state index contributed by atoms with van der Waals surface area (Å²) in [5.74, 6) is 1.33. The molecule has 2 N–H and O–H groups in total. The zero-order valence-corrected chi connectivity index (χ0v) is 14.4. The predicted octanol–water partition coefficient (Wildman–Crippen LogP) is 1.69. The number of likely N-dealkylation sites (tertiary alicyclic amines) is 1. The van der Waals surface area contributed by atoms with Crippen LogP contribution in [0.15, 0.2) is 18.2 Å². The van der Waals surface area contributed by atoms with E-state index in [4.69, 9.17) is 9.47 Å². The van der Waals surface area contributed by atoms with Gasteiger partial charge >= 0.3 is 6.03 Å². The Morgan fingerprint density at radius 3 is 2.75 bits per heavy atom. The van der Waals surface area contributed by atoms with Crippen molar-refractivity contribution >= 4 is 11.9 Å². The minimum atomic E-state index is -0.479. The molecule has 0 bridgehead atoms. The fourth-order valence-corrected chi connectivity index (χ4v) is 3.04. The Morgan fingerprint density at radius 1 is 1.29 bits per heavy atom. The molecule has 7 nitrogen and oxygen atoms in total. The Kier molecular flexibility index (Phi) is 6.43. The molecule has 0 saturated carbocycles. The van der Waals surface area contributed by atoms with Crippen molar-refractivity contribution in [2.75, 3.05) is 34.4 Å². The van der Waals surface area contributed by atoms with Gasteiger partial charge in [0.1, 0.15) is 11.5 Å². The zero-order chi connectivity index (χ0) is 17.5. The molecule has 1 fully saturated rings. The smallest absolute Gasteiger partial charge is 0.321 e. The summed E-state index contributed by atoms with van der Waals surface area (Å²) in [6, 6.07) is 5.48. The van der Waals surface area contributed by atoms with Crippen molar-refractivity contribution in [1.82, 2.24) is 15.5 Å². The summed E-state index contributed by atoms with van der Waals surface area (Å²) in [6.07, 6.45) is 2.33. The van der Waals surface area contributed by atoms with Crippen molar-refractivity contribution in [3.8, 4) is 11.5 Å². The third-order valence-corrected chi connectivity index (χ3v) is 4.27. The van der Waals surface area contributed by atoms with Crippen LogP contribution in [0.5, 0.6) is 11.5 Å². The van der Waals surface area contributed by atoms with Gasteiger partial charge in [-0.25, -0.2) is 4.79 Å². The second kappa shape index (κ2) is 8.54. The molecule has 1 aromatic rings. The second-order valence-electron chi connectivity index (χ2n) is 5.68. The van der Waals surface area contributed by atoms with Gasteiger partial charge < -0.3 is 14.8 Å². The molecule has 0 aromatic heterocycles. The van der Waals surface area contributed by atoms with E-state index in [2.05, 4.69) is 15.5 Å². The summed E-state index contributed by atoms with van der Waals surface area (Å²) in [6.45, 7) is 1.51. The maximum absolute atomic E-state index is 11.8. The lowest BCUT2D eigenvalue weighted by molar-refractivity contribution is -0.120. The van der Waals surface area contributed by atoms with E-state index >= 15 is 0 Å². The molecule has 1 saturated heterocycles. The number of carbonyl (C=O) groups is 2. The molecular weight excluding hydrogens is 310 g/mol. The monoisotopic (exact) mass is 335 g/mol. The Labute approximate surface area is 142 Å². The Hall–Kier alpha value is -2.28. The number of methoxy groups -OCH3 is 2. The maximum atomic E-state index is 11.8. The largest absolute Gasteiger partial charge is 0.497 e. The number of rotatable bonds is 6. The SMILES string of the molecule is CNC(=O)NC(=O)CCN1CCCC1c1cc(OC)ccc1OC. The molecule has 24 heavy (non-hydrogen) atoms. The van der Waals surface area contributed by atoms with Crippen LogP contribution in [0.4, 0.5) is 4.79 Å². The average Bonchev–Trinajstić information content (AvgIpc) is 3.07. The number of nitrogens with zero attached hydrogens (tertiary/aromatic N) is 1. The number of urea groups is 1. The van der Waals surface area contributed by atoms with Gasteiger partial charge in [0.15, 0.2) is 0 Å². The number of carbonyl (C=O) groups excluding carboxylic acids is 2. The number of amides is 3.